The molecular formula is C27H31N3O3S2. The molecule has 1 unspecified atom stereocenters. The summed E-state index contributed by atoms with van der Waals surface area (Å²) in [7, 11) is 0. The van der Waals surface area contributed by atoms with Crippen molar-refractivity contribution in [2.24, 2.45) is 23.2 Å². The van der Waals surface area contributed by atoms with Gasteiger partial charge in [0.05, 0.1) is 17.4 Å². The topological polar surface area (TPSA) is 77.1 Å². The summed E-state index contributed by atoms with van der Waals surface area (Å²) in [6.07, 6.45) is 11.3. The number of hydrogen-bond acceptors (Lipinski definition) is 6. The quantitative estimate of drug-likeness (QED) is 0.239. The zero-order chi connectivity index (χ0) is 24.2. The normalized spacial score (nSPS) is 27.9. The van der Waals surface area contributed by atoms with Crippen LogP contribution in [-0.4, -0.2) is 27.3 Å². The molecule has 3 heterocycles. The van der Waals surface area contributed by atoms with Gasteiger partial charge in [-0.25, -0.2) is 4.98 Å². The van der Waals surface area contributed by atoms with E-state index in [9.17, 15) is 9.59 Å². The number of thiophene rings is 1. The second-order valence-electron chi connectivity index (χ2n) is 10.8. The third kappa shape index (κ3) is 4.08. The number of allylic oxidation sites excluding steroid dienone is 1. The molecule has 0 saturated heterocycles. The van der Waals surface area contributed by atoms with E-state index in [1.807, 2.05) is 17.5 Å². The summed E-state index contributed by atoms with van der Waals surface area (Å²) in [5, 5.41) is 6.34. The van der Waals surface area contributed by atoms with Gasteiger partial charge < -0.3 is 9.73 Å². The second-order valence-corrected chi connectivity index (χ2v) is 12.6. The van der Waals surface area contributed by atoms with Gasteiger partial charge in [-0.3, -0.25) is 14.2 Å². The molecule has 3 aromatic heterocycles. The van der Waals surface area contributed by atoms with E-state index < -0.39 is 0 Å². The van der Waals surface area contributed by atoms with Crippen LogP contribution in [0.2, 0.25) is 0 Å². The van der Waals surface area contributed by atoms with Gasteiger partial charge in [0.2, 0.25) is 5.91 Å². The highest BCUT2D eigenvalue weighted by Crippen LogP contribution is 2.61. The van der Waals surface area contributed by atoms with E-state index in [2.05, 4.69) is 18.8 Å². The van der Waals surface area contributed by atoms with Gasteiger partial charge in [-0.2, -0.15) is 0 Å². The minimum Gasteiger partial charge on any atom is -0.464 e. The Morgan fingerprint density at radius 3 is 2.69 bits per heavy atom. The van der Waals surface area contributed by atoms with Gasteiger partial charge >= 0.3 is 0 Å². The molecular weight excluding hydrogens is 478 g/mol. The minimum atomic E-state index is -0.132. The Morgan fingerprint density at radius 2 is 2.06 bits per heavy atom. The summed E-state index contributed by atoms with van der Waals surface area (Å²) < 4.78 is 7.13. The van der Waals surface area contributed by atoms with E-state index in [1.54, 1.807) is 16.9 Å². The van der Waals surface area contributed by atoms with E-state index >= 15 is 0 Å². The lowest BCUT2D eigenvalue weighted by Gasteiger charge is -2.59. The maximum absolute atomic E-state index is 13.4. The third-order valence-corrected chi connectivity index (χ3v) is 10.3. The number of furan rings is 1. The number of thioether (sulfide) groups is 1. The first-order valence-corrected chi connectivity index (χ1v) is 14.4. The lowest BCUT2D eigenvalue weighted by molar-refractivity contribution is -0.123. The van der Waals surface area contributed by atoms with E-state index in [1.165, 1.54) is 61.6 Å². The summed E-state index contributed by atoms with van der Waals surface area (Å²) in [5.41, 5.74) is 0.896. The molecule has 6 nitrogen and oxygen atoms in total. The average molecular weight is 510 g/mol. The molecule has 4 saturated carbocycles. The highest BCUT2D eigenvalue weighted by molar-refractivity contribution is 7.99. The van der Waals surface area contributed by atoms with Crippen molar-refractivity contribution >= 4 is 39.2 Å². The van der Waals surface area contributed by atoms with Gasteiger partial charge in [0.25, 0.3) is 5.56 Å². The van der Waals surface area contributed by atoms with Crippen molar-refractivity contribution in [3.63, 3.8) is 0 Å². The van der Waals surface area contributed by atoms with Crippen molar-refractivity contribution in [1.29, 1.82) is 0 Å². The fourth-order valence-corrected chi connectivity index (χ4v) is 9.08. The molecule has 0 aromatic carbocycles. The van der Waals surface area contributed by atoms with Gasteiger partial charge in [0.15, 0.2) is 5.16 Å². The molecule has 0 spiro atoms. The van der Waals surface area contributed by atoms with Crippen molar-refractivity contribution in [3.05, 3.63) is 46.8 Å². The van der Waals surface area contributed by atoms with Crippen molar-refractivity contribution in [2.75, 3.05) is 5.75 Å². The van der Waals surface area contributed by atoms with Crippen molar-refractivity contribution in [3.8, 4) is 11.3 Å². The number of nitrogens with zero attached hydrogens (tertiary/aromatic N) is 2. The maximum Gasteiger partial charge on any atom is 0.263 e. The summed E-state index contributed by atoms with van der Waals surface area (Å²) in [5.74, 6) is 3.48. The fourth-order valence-electron chi connectivity index (χ4n) is 7.29. The largest absolute Gasteiger partial charge is 0.464 e. The number of carbonyl (C=O) groups excluding carboxylic acids is 1. The van der Waals surface area contributed by atoms with E-state index in [0.717, 1.165) is 23.3 Å². The van der Waals surface area contributed by atoms with Crippen molar-refractivity contribution < 1.29 is 9.21 Å². The number of hydrogen-bond donors (Lipinski definition) is 1. The average Bonchev–Trinajstić information content (AvgIpc) is 3.49. The Hall–Kier alpha value is -2.32. The smallest absolute Gasteiger partial charge is 0.263 e. The predicted molar refractivity (Wildman–Crippen MR) is 141 cm³/mol. The molecule has 4 aliphatic rings. The highest BCUT2D eigenvalue weighted by Gasteiger charge is 2.53. The number of amides is 1. The predicted octanol–water partition coefficient (Wildman–Crippen LogP) is 5.72. The summed E-state index contributed by atoms with van der Waals surface area (Å²) in [6, 6.07) is 3.83. The van der Waals surface area contributed by atoms with Gasteiger partial charge in [0, 0.05) is 23.5 Å². The van der Waals surface area contributed by atoms with Gasteiger partial charge in [-0.05, 0) is 80.8 Å². The first kappa shape index (κ1) is 23.1. The molecule has 0 radical (unpaired) electrons. The third-order valence-electron chi connectivity index (χ3n) is 8.47. The number of carbonyl (C=O) groups is 1. The Labute approximate surface area is 213 Å². The Bertz CT molecular complexity index is 1290. The first-order valence-electron chi connectivity index (χ1n) is 12.5. The Morgan fingerprint density at radius 1 is 1.34 bits per heavy atom. The van der Waals surface area contributed by atoms with Crippen LogP contribution < -0.4 is 10.9 Å². The minimum absolute atomic E-state index is 0.0141. The summed E-state index contributed by atoms with van der Waals surface area (Å²) in [6.45, 7) is 6.35. The highest BCUT2D eigenvalue weighted by atomic mass is 32.2. The molecule has 1 amide bonds. The van der Waals surface area contributed by atoms with Crippen LogP contribution in [0, 0.1) is 23.2 Å². The Balaban J connectivity index is 1.19. The summed E-state index contributed by atoms with van der Waals surface area (Å²) in [4.78, 5) is 31.9. The molecule has 4 fully saturated rings. The molecule has 0 aliphatic heterocycles. The van der Waals surface area contributed by atoms with E-state index in [0.29, 0.717) is 27.7 Å². The number of fused-ring (bicyclic) bond motifs is 1. The van der Waals surface area contributed by atoms with Crippen LogP contribution in [0.4, 0.5) is 0 Å². The van der Waals surface area contributed by atoms with Crippen LogP contribution in [-0.2, 0) is 11.3 Å². The SMILES string of the molecule is C=CCn1c(SCC(=O)NC(C)C23CC4CC(CC(C4)C2)C3)nc2scc(-c3ccco3)c2c1=O. The van der Waals surface area contributed by atoms with Crippen molar-refractivity contribution in [1.82, 2.24) is 14.9 Å². The van der Waals surface area contributed by atoms with Crippen LogP contribution in [0.15, 0.2) is 50.8 Å². The van der Waals surface area contributed by atoms with E-state index in [4.69, 9.17) is 9.40 Å². The molecule has 8 heteroatoms. The van der Waals surface area contributed by atoms with Crippen LogP contribution in [0.1, 0.15) is 45.4 Å². The first-order chi connectivity index (χ1) is 17.0. The zero-order valence-electron chi connectivity index (χ0n) is 20.0. The molecule has 35 heavy (non-hydrogen) atoms. The molecule has 1 N–H and O–H groups in total. The molecule has 184 valence electrons. The number of nitrogens with one attached hydrogen (secondary N) is 1. The van der Waals surface area contributed by atoms with Crippen LogP contribution in [0.5, 0.6) is 0 Å². The standard InChI is InChI=1S/C27H31N3O3S2/c1-3-6-30-25(32)23-20(21-5-4-7-33-21)14-34-24(23)29-26(30)35-15-22(31)28-16(2)27-11-17-8-18(12-27)10-19(9-17)13-27/h3-5,7,14,16-19H,1,6,8-13,15H2,2H3,(H,28,31). The lowest BCUT2D eigenvalue weighted by Crippen LogP contribution is -2.56. The monoisotopic (exact) mass is 509 g/mol. The van der Waals surface area contributed by atoms with Crippen LogP contribution in [0.3, 0.4) is 0 Å². The Kier molecular flexibility index (Phi) is 5.92. The molecule has 4 aliphatic carbocycles. The lowest BCUT2D eigenvalue weighted by atomic mass is 9.48. The maximum atomic E-state index is 13.4. The zero-order valence-corrected chi connectivity index (χ0v) is 21.6. The molecule has 4 bridgehead atoms. The fraction of sp³-hybridized carbons (Fsp3) is 0.519. The molecule has 7 rings (SSSR count). The van der Waals surface area contributed by atoms with Gasteiger partial charge in [-0.15, -0.1) is 17.9 Å². The number of aromatic nitrogens is 2. The summed E-state index contributed by atoms with van der Waals surface area (Å²) >= 11 is 2.75. The molecule has 3 aromatic rings. The van der Waals surface area contributed by atoms with Crippen molar-refractivity contribution in [2.45, 2.75) is 63.2 Å². The van der Waals surface area contributed by atoms with Gasteiger partial charge in [-0.1, -0.05) is 17.8 Å². The van der Waals surface area contributed by atoms with Crippen LogP contribution >= 0.6 is 23.1 Å². The second kappa shape index (κ2) is 8.96. The van der Waals surface area contributed by atoms with E-state index in [-0.39, 0.29) is 28.7 Å². The van der Waals surface area contributed by atoms with Crippen LogP contribution in [0.25, 0.3) is 21.5 Å². The van der Waals surface area contributed by atoms with Gasteiger partial charge in [0.1, 0.15) is 10.6 Å². The number of rotatable bonds is 8. The molecule has 1 atom stereocenters.